The first-order valence-corrected chi connectivity index (χ1v) is 21.2. The number of anilines is 1. The Labute approximate surface area is 345 Å². The molecular formula is C43H42ClF3IN4O5-. The van der Waals surface area contributed by atoms with Crippen molar-refractivity contribution in [3.8, 4) is 22.8 Å². The van der Waals surface area contributed by atoms with E-state index in [1.54, 1.807) is 65.8 Å². The maximum absolute atomic E-state index is 15.8. The molecule has 0 radical (unpaired) electrons. The molecule has 9 nitrogen and oxygen atoms in total. The van der Waals surface area contributed by atoms with E-state index in [2.05, 4.69) is 15.7 Å². The van der Waals surface area contributed by atoms with E-state index in [9.17, 15) is 18.4 Å². The van der Waals surface area contributed by atoms with Crippen molar-refractivity contribution in [2.24, 2.45) is 7.05 Å². The third-order valence-electron chi connectivity index (χ3n) is 10.8. The number of carbonyl (C=O) groups excluding carboxylic acids is 2. The van der Waals surface area contributed by atoms with Crippen LogP contribution in [0, 0.1) is 19.7 Å². The number of amides is 2. The predicted octanol–water partition coefficient (Wildman–Crippen LogP) is 5.42. The number of hydrogen-bond donors (Lipinski definition) is 0. The monoisotopic (exact) mass is 913 g/mol. The van der Waals surface area contributed by atoms with Crippen LogP contribution in [0.15, 0.2) is 84.9 Å². The van der Waals surface area contributed by atoms with Crippen LogP contribution < -0.4 is 36.0 Å². The molecule has 0 unspecified atom stereocenters. The number of carbonyl (C=O) groups is 2. The molecule has 3 heterocycles. The van der Waals surface area contributed by atoms with Crippen LogP contribution in [0.1, 0.15) is 48.7 Å². The number of ether oxygens (including phenoxy) is 2. The molecule has 0 bridgehead atoms. The Morgan fingerprint density at radius 1 is 0.982 bits per heavy atom. The van der Waals surface area contributed by atoms with E-state index in [4.69, 9.17) is 19.4 Å². The Bertz CT molecular complexity index is 2280. The first-order chi connectivity index (χ1) is 27.4. The van der Waals surface area contributed by atoms with E-state index in [1.165, 1.54) is 0 Å². The third kappa shape index (κ3) is 8.66. The Kier molecular flexibility index (Phi) is 12.5. The second-order valence-electron chi connectivity index (χ2n) is 14.1. The molecule has 1 atom stereocenters. The van der Waals surface area contributed by atoms with Gasteiger partial charge in [0, 0.05) is 10.7 Å². The number of halogens is 5. The number of alkyl halides is 3. The predicted molar refractivity (Wildman–Crippen MR) is 208 cm³/mol. The van der Waals surface area contributed by atoms with Gasteiger partial charge in [0.1, 0.15) is 5.75 Å². The first-order valence-electron chi connectivity index (χ1n) is 18.4. The number of benzene rings is 4. The Morgan fingerprint density at radius 3 is 2.44 bits per heavy atom. The molecule has 1 aromatic heterocycles. The zero-order valence-electron chi connectivity index (χ0n) is 31.9. The molecule has 2 aliphatic rings. The van der Waals surface area contributed by atoms with Crippen LogP contribution in [0.5, 0.6) is 11.5 Å². The van der Waals surface area contributed by atoms with E-state index in [-0.39, 0.29) is 36.2 Å². The SMILES string of the molecule is COc1cccc(CN(C(=O)c2cc(-c3cc(F)c(OC(F)F)cc3C(=O)N3Cc4ccccc4C[C@H]3CN3CCO[I-]C3)n(C)c2C)c2ccc(Cl)cc2)c1C. The molecule has 4 aromatic carbocycles. The minimum atomic E-state index is -3.32. The normalized spacial score (nSPS) is 15.9. The van der Waals surface area contributed by atoms with Gasteiger partial charge in [-0.05, 0) is 48.4 Å². The molecule has 7 rings (SSSR count). The number of hydrogen-bond acceptors (Lipinski definition) is 6. The van der Waals surface area contributed by atoms with Crippen molar-refractivity contribution >= 4 is 29.1 Å². The smallest absolute Gasteiger partial charge is 0.0843 e. The molecule has 14 heteroatoms. The van der Waals surface area contributed by atoms with E-state index >= 15 is 4.39 Å². The van der Waals surface area contributed by atoms with Gasteiger partial charge < -0.3 is 9.64 Å². The van der Waals surface area contributed by atoms with Crippen molar-refractivity contribution < 1.29 is 56.9 Å². The molecule has 1 fully saturated rings. The topological polar surface area (TPSA) is 76.5 Å². The summed E-state index contributed by atoms with van der Waals surface area (Å²) in [5, 5.41) is 0.506. The standard InChI is InChI=1S/C43H42ClF3IN4O5/c1-26-29(10-7-11-39(26)55-4)22-51(32-14-12-31(44)13-15-32)41(53)34-20-38(49(3)27(34)2)35-19-37(45)40(57-43(46)47)21-36(35)42(54)52-23-30-9-6-5-8-28(30)18-33(52)24-50-16-17-56-48-25-50/h5-15,19-21,33,43H,16-18,22-25H2,1-4H3/q-1/t33-/m0/s1. The van der Waals surface area contributed by atoms with Gasteiger partial charge in [0.15, 0.2) is 0 Å². The van der Waals surface area contributed by atoms with Crippen molar-refractivity contribution in [2.75, 3.05) is 36.3 Å². The number of methoxy groups -OCH3 is 1. The summed E-state index contributed by atoms with van der Waals surface area (Å²) in [5.74, 6) is -1.95. The van der Waals surface area contributed by atoms with Crippen LogP contribution in [0.3, 0.4) is 0 Å². The number of fused-ring (bicyclic) bond motifs is 1. The van der Waals surface area contributed by atoms with Crippen molar-refractivity contribution in [3.05, 3.63) is 135 Å². The molecule has 300 valence electrons. The summed E-state index contributed by atoms with van der Waals surface area (Å²) in [4.78, 5) is 35.4. The molecule has 1 saturated heterocycles. The second-order valence-corrected chi connectivity index (χ2v) is 16.4. The average Bonchev–Trinajstić information content (AvgIpc) is 3.50. The summed E-state index contributed by atoms with van der Waals surface area (Å²) in [6.45, 7) is 2.79. The van der Waals surface area contributed by atoms with Crippen LogP contribution in [0.4, 0.5) is 18.9 Å². The summed E-state index contributed by atoms with van der Waals surface area (Å²) in [7, 11) is 3.31. The van der Waals surface area contributed by atoms with Gasteiger partial charge in [-0.1, -0.05) is 23.7 Å². The van der Waals surface area contributed by atoms with Crippen molar-refractivity contribution in [3.63, 3.8) is 0 Å². The van der Waals surface area contributed by atoms with Crippen LogP contribution in [-0.4, -0.2) is 70.2 Å². The molecule has 2 amide bonds. The van der Waals surface area contributed by atoms with E-state index in [0.29, 0.717) is 53.0 Å². The maximum atomic E-state index is 15.8. The van der Waals surface area contributed by atoms with Gasteiger partial charge in [0.05, 0.1) is 13.7 Å². The summed E-state index contributed by atoms with van der Waals surface area (Å²) in [5.41, 5.74) is 5.73. The van der Waals surface area contributed by atoms with E-state index in [0.717, 1.165) is 45.5 Å². The number of aromatic nitrogens is 1. The quantitative estimate of drug-likeness (QED) is 0.100. The zero-order chi connectivity index (χ0) is 40.4. The molecule has 5 aromatic rings. The summed E-state index contributed by atoms with van der Waals surface area (Å²) in [6.07, 6.45) is 0.587. The van der Waals surface area contributed by atoms with Crippen LogP contribution in [0.2, 0.25) is 5.02 Å². The van der Waals surface area contributed by atoms with Gasteiger partial charge >= 0.3 is 231 Å². The fraction of sp³-hybridized carbons (Fsp3) is 0.302. The van der Waals surface area contributed by atoms with Crippen LogP contribution in [-0.2, 0) is 29.6 Å². The van der Waals surface area contributed by atoms with Gasteiger partial charge in [-0.2, -0.15) is 0 Å². The zero-order valence-corrected chi connectivity index (χ0v) is 34.8. The van der Waals surface area contributed by atoms with Gasteiger partial charge in [0.2, 0.25) is 0 Å². The summed E-state index contributed by atoms with van der Waals surface area (Å²) < 4.78 is 61.4. The molecule has 0 spiro atoms. The minimum Gasteiger partial charge on any atom is -0.0843 e. The van der Waals surface area contributed by atoms with Crippen LogP contribution >= 0.6 is 11.6 Å². The first kappa shape index (κ1) is 40.6. The Morgan fingerprint density at radius 2 is 1.74 bits per heavy atom. The fourth-order valence-electron chi connectivity index (χ4n) is 7.53. The fourth-order valence-corrected chi connectivity index (χ4v) is 9.38. The molecule has 57 heavy (non-hydrogen) atoms. The van der Waals surface area contributed by atoms with Crippen molar-refractivity contribution in [2.45, 2.75) is 46.0 Å². The minimum absolute atomic E-state index is 0.0213. The molecular weight excluding hydrogens is 872 g/mol. The van der Waals surface area contributed by atoms with Crippen molar-refractivity contribution in [1.29, 1.82) is 0 Å². The van der Waals surface area contributed by atoms with Gasteiger partial charge in [-0.15, -0.1) is 0 Å². The average molecular weight is 914 g/mol. The molecule has 0 saturated carbocycles. The summed E-state index contributed by atoms with van der Waals surface area (Å²) >= 11 is 5.81. The second kappa shape index (κ2) is 17.5. The van der Waals surface area contributed by atoms with Gasteiger partial charge in [-0.25, -0.2) is 0 Å². The molecule has 0 N–H and O–H groups in total. The molecule has 0 aliphatic carbocycles. The van der Waals surface area contributed by atoms with Gasteiger partial charge in [-0.3, -0.25) is 4.79 Å². The number of nitrogens with zero attached hydrogens (tertiary/aromatic N) is 4. The molecule has 2 aliphatic heterocycles. The Hall–Kier alpha value is -4.57. The van der Waals surface area contributed by atoms with Gasteiger partial charge in [0.25, 0.3) is 0 Å². The van der Waals surface area contributed by atoms with Crippen molar-refractivity contribution in [1.82, 2.24) is 14.4 Å². The Balaban J connectivity index is 1.31. The van der Waals surface area contributed by atoms with E-state index < -0.39 is 45.7 Å². The number of rotatable bonds is 11. The summed E-state index contributed by atoms with van der Waals surface area (Å²) in [6, 6.07) is 24.0. The van der Waals surface area contributed by atoms with Crippen LogP contribution in [0.25, 0.3) is 11.3 Å². The third-order valence-corrected chi connectivity index (χ3v) is 13.1. The van der Waals surface area contributed by atoms with E-state index in [1.807, 2.05) is 43.3 Å².